The monoisotopic (exact) mass is 247 g/mol. The summed E-state index contributed by atoms with van der Waals surface area (Å²) in [5.74, 6) is 0.0628. The molecule has 16 heavy (non-hydrogen) atoms. The van der Waals surface area contributed by atoms with Gasteiger partial charge in [-0.1, -0.05) is 6.08 Å². The van der Waals surface area contributed by atoms with Gasteiger partial charge in [0.25, 0.3) is 0 Å². The second-order valence-electron chi connectivity index (χ2n) is 3.18. The molecule has 83 valence electrons. The Morgan fingerprint density at radius 3 is 2.38 bits per heavy atom. The largest absolute Gasteiger partial charge is 0.340 e. The number of benzene rings is 1. The van der Waals surface area contributed by atoms with E-state index in [0.717, 1.165) is 18.7 Å². The van der Waals surface area contributed by atoms with E-state index in [1.54, 1.807) is 11.0 Å². The van der Waals surface area contributed by atoms with Crippen molar-refractivity contribution < 1.29 is 30.6 Å². The summed E-state index contributed by atoms with van der Waals surface area (Å²) in [5, 5.41) is 0. The molecule has 0 atom stereocenters. The van der Waals surface area contributed by atoms with Crippen molar-refractivity contribution in [3.05, 3.63) is 42.0 Å². The van der Waals surface area contributed by atoms with Gasteiger partial charge in [0.2, 0.25) is 5.91 Å². The first-order valence-electron chi connectivity index (χ1n) is 5.21. The molecular formula is C13H16NOSc-. The Balaban J connectivity index is 0.00000225. The summed E-state index contributed by atoms with van der Waals surface area (Å²) in [5.41, 5.74) is 1.02. The SMILES string of the molecule is CCN(CC)C(=O)/C=C/c1cc[c-]cc1.[Sc]. The number of amides is 1. The first-order valence-corrected chi connectivity index (χ1v) is 5.21. The van der Waals surface area contributed by atoms with Crippen LogP contribution in [0.4, 0.5) is 0 Å². The Morgan fingerprint density at radius 1 is 1.31 bits per heavy atom. The van der Waals surface area contributed by atoms with E-state index >= 15 is 0 Å². The van der Waals surface area contributed by atoms with Gasteiger partial charge in [0, 0.05) is 45.0 Å². The smallest absolute Gasteiger partial charge is 0.246 e. The van der Waals surface area contributed by atoms with Gasteiger partial charge in [-0.2, -0.15) is 30.3 Å². The zero-order valence-electron chi connectivity index (χ0n) is 9.81. The second kappa shape index (κ2) is 8.45. The molecule has 0 aliphatic rings. The zero-order valence-corrected chi connectivity index (χ0v) is 11.6. The molecule has 0 saturated carbocycles. The molecule has 0 spiro atoms. The van der Waals surface area contributed by atoms with Crippen LogP contribution in [-0.2, 0) is 30.6 Å². The minimum atomic E-state index is 0. The average Bonchev–Trinajstić information content (AvgIpc) is 2.29. The van der Waals surface area contributed by atoms with Gasteiger partial charge in [-0.3, -0.25) is 4.79 Å². The van der Waals surface area contributed by atoms with Gasteiger partial charge in [0.05, 0.1) is 0 Å². The molecule has 0 bridgehead atoms. The average molecular weight is 247 g/mol. The van der Waals surface area contributed by atoms with Crippen LogP contribution in [0.25, 0.3) is 6.08 Å². The van der Waals surface area contributed by atoms with Gasteiger partial charge in [0.15, 0.2) is 0 Å². The first-order chi connectivity index (χ1) is 7.27. The topological polar surface area (TPSA) is 20.3 Å². The van der Waals surface area contributed by atoms with Crippen molar-refractivity contribution >= 4 is 12.0 Å². The predicted octanol–water partition coefficient (Wildman–Crippen LogP) is 2.37. The van der Waals surface area contributed by atoms with E-state index in [1.807, 2.05) is 44.2 Å². The van der Waals surface area contributed by atoms with Crippen LogP contribution in [0.15, 0.2) is 30.3 Å². The van der Waals surface area contributed by atoms with Crippen LogP contribution in [0.2, 0.25) is 0 Å². The Hall–Kier alpha value is -0.700. The number of rotatable bonds is 4. The van der Waals surface area contributed by atoms with E-state index in [0.29, 0.717) is 0 Å². The normalized spacial score (nSPS) is 9.88. The van der Waals surface area contributed by atoms with Crippen LogP contribution in [0.5, 0.6) is 0 Å². The minimum absolute atomic E-state index is 0. The fraction of sp³-hybridized carbons (Fsp3) is 0.308. The second-order valence-corrected chi connectivity index (χ2v) is 3.18. The third-order valence-electron chi connectivity index (χ3n) is 2.24. The molecule has 0 N–H and O–H groups in total. The van der Waals surface area contributed by atoms with Crippen molar-refractivity contribution in [1.29, 1.82) is 0 Å². The van der Waals surface area contributed by atoms with Crippen molar-refractivity contribution in [3.8, 4) is 0 Å². The number of carbonyl (C=O) groups is 1. The maximum Gasteiger partial charge on any atom is 0.246 e. The van der Waals surface area contributed by atoms with E-state index in [-0.39, 0.29) is 31.8 Å². The van der Waals surface area contributed by atoms with Crippen molar-refractivity contribution in [2.24, 2.45) is 0 Å². The Kier molecular flexibility index (Phi) is 8.08. The molecule has 0 unspecified atom stereocenters. The number of hydrogen-bond donors (Lipinski definition) is 0. The third-order valence-corrected chi connectivity index (χ3v) is 2.24. The molecule has 0 fully saturated rings. The van der Waals surface area contributed by atoms with Crippen LogP contribution in [0, 0.1) is 6.07 Å². The summed E-state index contributed by atoms with van der Waals surface area (Å²) in [6.07, 6.45) is 3.44. The first kappa shape index (κ1) is 15.3. The Morgan fingerprint density at radius 2 is 1.88 bits per heavy atom. The maximum absolute atomic E-state index is 11.6. The standard InChI is InChI=1S/C13H16NO.Sc/c1-3-14(4-2)13(15)11-10-12-8-6-5-7-9-12;/h6-11H,3-4H2,1-2H3;/q-1;/b11-10+;. The molecule has 3 heteroatoms. The molecule has 1 rings (SSSR count). The predicted molar refractivity (Wildman–Crippen MR) is 62.2 cm³/mol. The van der Waals surface area contributed by atoms with Crippen LogP contribution in [0.3, 0.4) is 0 Å². The molecule has 1 radical (unpaired) electrons. The number of hydrogen-bond acceptors (Lipinski definition) is 1. The summed E-state index contributed by atoms with van der Waals surface area (Å²) < 4.78 is 0. The van der Waals surface area contributed by atoms with Crippen molar-refractivity contribution in [2.75, 3.05) is 13.1 Å². The summed E-state index contributed by atoms with van der Waals surface area (Å²) in [4.78, 5) is 13.4. The fourth-order valence-electron chi connectivity index (χ4n) is 1.32. The van der Waals surface area contributed by atoms with Crippen LogP contribution in [0.1, 0.15) is 19.4 Å². The maximum atomic E-state index is 11.6. The van der Waals surface area contributed by atoms with Gasteiger partial charge in [-0.15, -0.1) is 5.56 Å². The van der Waals surface area contributed by atoms with Gasteiger partial charge in [-0.25, -0.2) is 0 Å². The minimum Gasteiger partial charge on any atom is -0.340 e. The van der Waals surface area contributed by atoms with E-state index < -0.39 is 0 Å². The molecule has 0 aromatic heterocycles. The van der Waals surface area contributed by atoms with Gasteiger partial charge < -0.3 is 4.90 Å². The summed E-state index contributed by atoms with van der Waals surface area (Å²) in [7, 11) is 0. The molecule has 0 aliphatic carbocycles. The van der Waals surface area contributed by atoms with Crippen LogP contribution < -0.4 is 0 Å². The summed E-state index contributed by atoms with van der Waals surface area (Å²) in [6, 6.07) is 10.5. The fourth-order valence-corrected chi connectivity index (χ4v) is 1.32. The Labute approximate surface area is 116 Å². The van der Waals surface area contributed by atoms with Crippen molar-refractivity contribution in [2.45, 2.75) is 13.8 Å². The molecule has 0 aliphatic heterocycles. The Bertz CT molecular complexity index is 331. The van der Waals surface area contributed by atoms with Gasteiger partial charge in [-0.05, 0) is 13.8 Å². The van der Waals surface area contributed by atoms with E-state index in [9.17, 15) is 4.79 Å². The third kappa shape index (κ3) is 4.88. The zero-order chi connectivity index (χ0) is 11.1. The number of likely N-dealkylation sites (N-methyl/N-ethyl adjacent to an activating group) is 1. The van der Waals surface area contributed by atoms with Gasteiger partial charge in [0.1, 0.15) is 0 Å². The van der Waals surface area contributed by atoms with E-state index in [1.165, 1.54) is 0 Å². The van der Waals surface area contributed by atoms with Gasteiger partial charge >= 0.3 is 0 Å². The quantitative estimate of drug-likeness (QED) is 0.591. The summed E-state index contributed by atoms with van der Waals surface area (Å²) >= 11 is 0. The molecule has 1 aromatic rings. The number of carbonyl (C=O) groups excluding carboxylic acids is 1. The van der Waals surface area contributed by atoms with Crippen LogP contribution >= 0.6 is 0 Å². The van der Waals surface area contributed by atoms with Crippen molar-refractivity contribution in [3.63, 3.8) is 0 Å². The summed E-state index contributed by atoms with van der Waals surface area (Å²) in [6.45, 7) is 5.46. The molecular weight excluding hydrogens is 231 g/mol. The number of nitrogens with zero attached hydrogens (tertiary/aromatic N) is 1. The molecule has 1 aromatic carbocycles. The van der Waals surface area contributed by atoms with Crippen LogP contribution in [-0.4, -0.2) is 23.9 Å². The molecule has 1 amide bonds. The molecule has 2 nitrogen and oxygen atoms in total. The van der Waals surface area contributed by atoms with Crippen molar-refractivity contribution in [1.82, 2.24) is 4.90 Å². The molecule has 0 saturated heterocycles. The van der Waals surface area contributed by atoms with E-state index in [2.05, 4.69) is 6.07 Å². The van der Waals surface area contributed by atoms with E-state index in [4.69, 9.17) is 0 Å². The molecule has 0 heterocycles.